The van der Waals surface area contributed by atoms with Crippen LogP contribution in [-0.4, -0.2) is 18.5 Å². The zero-order valence-electron chi connectivity index (χ0n) is 10.7. The number of nitrogens with one attached hydrogen (secondary N) is 1. The third-order valence-corrected chi connectivity index (χ3v) is 2.57. The van der Waals surface area contributed by atoms with Crippen LogP contribution in [0.4, 0.5) is 11.4 Å². The van der Waals surface area contributed by atoms with Gasteiger partial charge in [-0.25, -0.2) is 4.79 Å². The van der Waals surface area contributed by atoms with Gasteiger partial charge in [-0.1, -0.05) is 30.3 Å². The fourth-order valence-electron chi connectivity index (χ4n) is 1.61. The van der Waals surface area contributed by atoms with Crippen LogP contribution in [0.1, 0.15) is 10.4 Å². The van der Waals surface area contributed by atoms with Crippen LogP contribution in [0.3, 0.4) is 0 Å². The summed E-state index contributed by atoms with van der Waals surface area (Å²) in [6.07, 6.45) is 0. The maximum absolute atomic E-state index is 11.7. The molecule has 0 bridgehead atoms. The summed E-state index contributed by atoms with van der Waals surface area (Å²) in [4.78, 5) is 23.4. The number of hydrogen-bond donors (Lipinski definition) is 2. The van der Waals surface area contributed by atoms with E-state index in [1.807, 2.05) is 6.07 Å². The molecule has 2 aromatic carbocycles. The van der Waals surface area contributed by atoms with Crippen molar-refractivity contribution in [2.75, 3.05) is 17.7 Å². The van der Waals surface area contributed by atoms with E-state index < -0.39 is 11.9 Å². The van der Waals surface area contributed by atoms with Crippen LogP contribution >= 0.6 is 0 Å². The first-order chi connectivity index (χ1) is 9.66. The molecule has 3 N–H and O–H groups in total. The lowest BCUT2D eigenvalue weighted by molar-refractivity contribution is -0.119. The molecule has 20 heavy (non-hydrogen) atoms. The Hall–Kier alpha value is -2.82. The van der Waals surface area contributed by atoms with Gasteiger partial charge < -0.3 is 15.8 Å². The first kappa shape index (κ1) is 13.6. The molecule has 1 amide bonds. The summed E-state index contributed by atoms with van der Waals surface area (Å²) in [5.41, 5.74) is 6.87. The van der Waals surface area contributed by atoms with E-state index in [0.29, 0.717) is 11.4 Å². The van der Waals surface area contributed by atoms with Gasteiger partial charge in [-0.2, -0.15) is 0 Å². The average Bonchev–Trinajstić information content (AvgIpc) is 2.46. The minimum atomic E-state index is -0.619. The van der Waals surface area contributed by atoms with Crippen molar-refractivity contribution in [2.24, 2.45) is 0 Å². The van der Waals surface area contributed by atoms with Crippen molar-refractivity contribution >= 4 is 23.3 Å². The molecule has 0 saturated heterocycles. The van der Waals surface area contributed by atoms with Crippen LogP contribution in [0, 0.1) is 0 Å². The summed E-state index contributed by atoms with van der Waals surface area (Å²) in [6, 6.07) is 15.5. The summed E-state index contributed by atoms with van der Waals surface area (Å²) in [6.45, 7) is -0.359. The van der Waals surface area contributed by atoms with Crippen LogP contribution in [0.25, 0.3) is 0 Å². The van der Waals surface area contributed by atoms with Crippen LogP contribution in [0.5, 0.6) is 0 Å². The normalized spacial score (nSPS) is 9.80. The van der Waals surface area contributed by atoms with Crippen molar-refractivity contribution in [1.82, 2.24) is 0 Å². The Balaban J connectivity index is 1.88. The molecule has 2 aromatic rings. The molecular formula is C15H14N2O3. The molecule has 5 heteroatoms. The summed E-state index contributed by atoms with van der Waals surface area (Å²) >= 11 is 0. The monoisotopic (exact) mass is 270 g/mol. The quantitative estimate of drug-likeness (QED) is 0.658. The summed E-state index contributed by atoms with van der Waals surface area (Å²) in [5, 5.41) is 2.62. The van der Waals surface area contributed by atoms with E-state index in [9.17, 15) is 9.59 Å². The Kier molecular flexibility index (Phi) is 4.34. The Morgan fingerprint density at radius 3 is 2.35 bits per heavy atom. The third kappa shape index (κ3) is 3.58. The van der Waals surface area contributed by atoms with Crippen molar-refractivity contribution in [3.8, 4) is 0 Å². The predicted molar refractivity (Wildman–Crippen MR) is 76.2 cm³/mol. The maximum atomic E-state index is 11.7. The summed E-state index contributed by atoms with van der Waals surface area (Å²) in [7, 11) is 0. The van der Waals surface area contributed by atoms with Crippen LogP contribution in [0.2, 0.25) is 0 Å². The summed E-state index contributed by atoms with van der Waals surface area (Å²) < 4.78 is 4.91. The highest BCUT2D eigenvalue weighted by molar-refractivity contribution is 5.98. The lowest BCUT2D eigenvalue weighted by atomic mass is 10.2. The fraction of sp³-hybridized carbons (Fsp3) is 0.0667. The number of nitrogens with two attached hydrogens (primary N) is 1. The van der Waals surface area contributed by atoms with Crippen LogP contribution < -0.4 is 11.1 Å². The van der Waals surface area contributed by atoms with Crippen molar-refractivity contribution in [3.05, 3.63) is 60.2 Å². The number of hydrogen-bond acceptors (Lipinski definition) is 4. The van der Waals surface area contributed by atoms with Gasteiger partial charge in [0.2, 0.25) is 0 Å². The minimum absolute atomic E-state index is 0.250. The van der Waals surface area contributed by atoms with E-state index in [1.54, 1.807) is 48.5 Å². The first-order valence-electron chi connectivity index (χ1n) is 6.03. The summed E-state index contributed by atoms with van der Waals surface area (Å²) in [5.74, 6) is -1.02. The van der Waals surface area contributed by atoms with Gasteiger partial charge >= 0.3 is 5.97 Å². The molecule has 0 aromatic heterocycles. The highest BCUT2D eigenvalue weighted by atomic mass is 16.5. The number of esters is 1. The van der Waals surface area contributed by atoms with Gasteiger partial charge in [-0.3, -0.25) is 4.79 Å². The largest absolute Gasteiger partial charge is 0.452 e. The topological polar surface area (TPSA) is 81.4 Å². The molecule has 0 fully saturated rings. The molecule has 0 heterocycles. The lowest BCUT2D eigenvalue weighted by Crippen LogP contribution is -2.21. The van der Waals surface area contributed by atoms with E-state index in [2.05, 4.69) is 5.32 Å². The smallest absolute Gasteiger partial charge is 0.340 e. The van der Waals surface area contributed by atoms with E-state index in [-0.39, 0.29) is 12.2 Å². The zero-order valence-corrected chi connectivity index (χ0v) is 10.7. The number of amides is 1. The molecule has 2 rings (SSSR count). The Morgan fingerprint density at radius 2 is 1.65 bits per heavy atom. The molecule has 0 spiro atoms. The number of para-hydroxylation sites is 2. The second-order valence-electron chi connectivity index (χ2n) is 4.08. The van der Waals surface area contributed by atoms with E-state index in [1.165, 1.54) is 0 Å². The number of carbonyl (C=O) groups is 2. The van der Waals surface area contributed by atoms with Gasteiger partial charge in [-0.05, 0) is 24.3 Å². The second kappa shape index (κ2) is 6.38. The Morgan fingerprint density at radius 1 is 1.00 bits per heavy atom. The van der Waals surface area contributed by atoms with Gasteiger partial charge in [0.25, 0.3) is 5.91 Å². The van der Waals surface area contributed by atoms with Crippen molar-refractivity contribution in [3.63, 3.8) is 0 Å². The first-order valence-corrected chi connectivity index (χ1v) is 6.03. The van der Waals surface area contributed by atoms with Gasteiger partial charge in [0.15, 0.2) is 6.61 Å². The molecule has 102 valence electrons. The van der Waals surface area contributed by atoms with E-state index in [0.717, 1.165) is 0 Å². The number of anilines is 2. The van der Waals surface area contributed by atoms with Crippen molar-refractivity contribution in [1.29, 1.82) is 0 Å². The number of ether oxygens (including phenoxy) is 1. The molecule has 0 radical (unpaired) electrons. The van der Waals surface area contributed by atoms with Crippen LogP contribution in [-0.2, 0) is 9.53 Å². The molecule has 0 aliphatic heterocycles. The molecule has 0 aliphatic rings. The standard InChI is InChI=1S/C15H14N2O3/c16-13-9-5-4-8-12(13)15(19)20-10-14(18)17-11-6-2-1-3-7-11/h1-9H,10,16H2,(H,17,18). The van der Waals surface area contributed by atoms with Gasteiger partial charge in [0.1, 0.15) is 0 Å². The maximum Gasteiger partial charge on any atom is 0.340 e. The highest BCUT2D eigenvalue weighted by Crippen LogP contribution is 2.11. The van der Waals surface area contributed by atoms with Gasteiger partial charge in [-0.15, -0.1) is 0 Å². The van der Waals surface area contributed by atoms with E-state index >= 15 is 0 Å². The van der Waals surface area contributed by atoms with Gasteiger partial charge in [0, 0.05) is 11.4 Å². The molecule has 0 saturated carbocycles. The molecule has 0 aliphatic carbocycles. The number of rotatable bonds is 4. The minimum Gasteiger partial charge on any atom is -0.452 e. The Labute approximate surface area is 116 Å². The zero-order chi connectivity index (χ0) is 14.4. The number of carbonyl (C=O) groups excluding carboxylic acids is 2. The molecular weight excluding hydrogens is 256 g/mol. The highest BCUT2D eigenvalue weighted by Gasteiger charge is 2.12. The molecule has 0 unspecified atom stereocenters. The van der Waals surface area contributed by atoms with Crippen LogP contribution in [0.15, 0.2) is 54.6 Å². The lowest BCUT2D eigenvalue weighted by Gasteiger charge is -2.07. The van der Waals surface area contributed by atoms with E-state index in [4.69, 9.17) is 10.5 Å². The average molecular weight is 270 g/mol. The fourth-order valence-corrected chi connectivity index (χ4v) is 1.61. The molecule has 5 nitrogen and oxygen atoms in total. The number of benzene rings is 2. The van der Waals surface area contributed by atoms with Gasteiger partial charge in [0.05, 0.1) is 5.56 Å². The van der Waals surface area contributed by atoms with Crippen molar-refractivity contribution in [2.45, 2.75) is 0 Å². The SMILES string of the molecule is Nc1ccccc1C(=O)OCC(=O)Nc1ccccc1. The predicted octanol–water partition coefficient (Wildman–Crippen LogP) is 2.06. The number of nitrogen functional groups attached to an aromatic ring is 1. The molecule has 0 atom stereocenters. The second-order valence-corrected chi connectivity index (χ2v) is 4.08. The Bertz CT molecular complexity index is 612. The van der Waals surface area contributed by atoms with Crippen molar-refractivity contribution < 1.29 is 14.3 Å². The third-order valence-electron chi connectivity index (χ3n) is 2.57.